The van der Waals surface area contributed by atoms with Crippen LogP contribution < -0.4 is 15.6 Å². The zero-order valence-electron chi connectivity index (χ0n) is 20.1. The van der Waals surface area contributed by atoms with Crippen LogP contribution >= 0.6 is 0 Å². The third-order valence-electron chi connectivity index (χ3n) is 5.61. The Morgan fingerprint density at radius 3 is 2.62 bits per heavy atom. The molecule has 0 fully saturated rings. The highest BCUT2D eigenvalue weighted by molar-refractivity contribution is 5.82. The molecule has 0 amide bonds. The first-order chi connectivity index (χ1) is 16.1. The maximum absolute atomic E-state index is 12.2. The fraction of sp³-hybridized carbons (Fsp3) is 0.458. The fourth-order valence-electron chi connectivity index (χ4n) is 3.98. The third kappa shape index (κ3) is 5.46. The second kappa shape index (κ2) is 10.8. The molecular formula is C24H32N4O6. The van der Waals surface area contributed by atoms with Crippen molar-refractivity contribution < 1.29 is 24.5 Å². The van der Waals surface area contributed by atoms with Crippen molar-refractivity contribution in [3.8, 4) is 17.1 Å². The second-order valence-corrected chi connectivity index (χ2v) is 8.45. The number of aliphatic hydroxyl groups excluding tert-OH is 1. The second-order valence-electron chi connectivity index (χ2n) is 8.45. The zero-order chi connectivity index (χ0) is 25.0. The van der Waals surface area contributed by atoms with E-state index in [0.29, 0.717) is 17.9 Å². The molecule has 0 unspecified atom stereocenters. The van der Waals surface area contributed by atoms with Crippen molar-refractivity contribution in [3.05, 3.63) is 46.4 Å². The lowest BCUT2D eigenvalue weighted by Gasteiger charge is -2.18. The number of nitrogens with zero attached hydrogens (tertiary/aromatic N) is 3. The monoisotopic (exact) mass is 472 g/mol. The number of carboxylic acids is 1. The number of carboxylic acid groups (broad SMARTS) is 1. The van der Waals surface area contributed by atoms with Crippen molar-refractivity contribution >= 4 is 17.0 Å². The van der Waals surface area contributed by atoms with Crippen LogP contribution in [0.4, 0.5) is 0 Å². The molecule has 0 saturated carbocycles. The standard InChI is InChI=1S/C24H32N4O6/c1-14-10-17(12-27(4)23(14)30)22-26-19-11-18(6-7-20(19)28(22)15(2)13-33-5)34-9-8-25-21(16(3)29)24(31)32/h6-7,10-12,15-16,21,25,29H,8-9,13H2,1-5H3,(H,31,32)/t15-,16+,21-/m0/s1. The Morgan fingerprint density at radius 2 is 2.00 bits per heavy atom. The molecule has 3 aromatic rings. The van der Waals surface area contributed by atoms with Crippen LogP contribution in [0.3, 0.4) is 0 Å². The van der Waals surface area contributed by atoms with Gasteiger partial charge in [0.05, 0.1) is 29.8 Å². The van der Waals surface area contributed by atoms with Crippen LogP contribution in [0.25, 0.3) is 22.4 Å². The lowest BCUT2D eigenvalue weighted by molar-refractivity contribution is -0.142. The van der Waals surface area contributed by atoms with Gasteiger partial charge in [0, 0.05) is 44.1 Å². The molecule has 2 aromatic heterocycles. The minimum Gasteiger partial charge on any atom is -0.492 e. The molecule has 0 bridgehead atoms. The molecule has 0 aliphatic heterocycles. The average Bonchev–Trinajstić information content (AvgIpc) is 3.15. The van der Waals surface area contributed by atoms with E-state index >= 15 is 0 Å². The predicted octanol–water partition coefficient (Wildman–Crippen LogP) is 1.72. The van der Waals surface area contributed by atoms with Crippen LogP contribution in [0, 0.1) is 6.92 Å². The molecule has 34 heavy (non-hydrogen) atoms. The first-order valence-corrected chi connectivity index (χ1v) is 11.1. The number of methoxy groups -OCH3 is 1. The van der Waals surface area contributed by atoms with Crippen LogP contribution in [-0.4, -0.2) is 69.3 Å². The van der Waals surface area contributed by atoms with Crippen molar-refractivity contribution in [2.24, 2.45) is 7.05 Å². The van der Waals surface area contributed by atoms with Gasteiger partial charge in [0.25, 0.3) is 5.56 Å². The number of aryl methyl sites for hydroxylation is 2. The summed E-state index contributed by atoms with van der Waals surface area (Å²) in [7, 11) is 3.37. The van der Waals surface area contributed by atoms with E-state index in [2.05, 4.69) is 9.88 Å². The number of aliphatic hydroxyl groups is 1. The highest BCUT2D eigenvalue weighted by Gasteiger charge is 2.22. The van der Waals surface area contributed by atoms with Gasteiger partial charge >= 0.3 is 5.97 Å². The van der Waals surface area contributed by atoms with Crippen LogP contribution in [0.2, 0.25) is 0 Å². The SMILES string of the molecule is COC[C@H](C)n1c(-c2cc(C)c(=O)n(C)c2)nc2cc(OCCN[C@H](C(=O)O)[C@@H](C)O)ccc21. The molecule has 2 heterocycles. The van der Waals surface area contributed by atoms with Gasteiger partial charge in [-0.1, -0.05) is 0 Å². The van der Waals surface area contributed by atoms with Gasteiger partial charge in [-0.3, -0.25) is 14.9 Å². The lowest BCUT2D eigenvalue weighted by atomic mass is 10.2. The van der Waals surface area contributed by atoms with E-state index in [1.54, 1.807) is 31.8 Å². The third-order valence-corrected chi connectivity index (χ3v) is 5.61. The van der Waals surface area contributed by atoms with E-state index in [1.165, 1.54) is 6.92 Å². The molecule has 0 aliphatic rings. The Balaban J connectivity index is 1.90. The van der Waals surface area contributed by atoms with Crippen molar-refractivity contribution in [1.29, 1.82) is 0 Å². The fourth-order valence-corrected chi connectivity index (χ4v) is 3.98. The van der Waals surface area contributed by atoms with Gasteiger partial charge in [0.15, 0.2) is 0 Å². The van der Waals surface area contributed by atoms with Gasteiger partial charge in [-0.2, -0.15) is 0 Å². The molecule has 184 valence electrons. The summed E-state index contributed by atoms with van der Waals surface area (Å²) in [5.74, 6) is 0.192. The van der Waals surface area contributed by atoms with Gasteiger partial charge < -0.3 is 28.8 Å². The van der Waals surface area contributed by atoms with Gasteiger partial charge in [0.1, 0.15) is 24.2 Å². The normalized spacial score (nSPS) is 14.2. The van der Waals surface area contributed by atoms with Crippen LogP contribution in [0.1, 0.15) is 25.5 Å². The van der Waals surface area contributed by atoms with Gasteiger partial charge in [-0.15, -0.1) is 0 Å². The van der Waals surface area contributed by atoms with E-state index in [1.807, 2.05) is 31.2 Å². The molecule has 3 N–H and O–H groups in total. The zero-order valence-corrected chi connectivity index (χ0v) is 20.1. The van der Waals surface area contributed by atoms with E-state index in [9.17, 15) is 14.7 Å². The summed E-state index contributed by atoms with van der Waals surface area (Å²) in [6.45, 7) is 6.20. The number of pyridine rings is 1. The summed E-state index contributed by atoms with van der Waals surface area (Å²) in [4.78, 5) is 28.2. The molecule has 0 spiro atoms. The number of aliphatic carboxylic acids is 1. The van der Waals surface area contributed by atoms with E-state index in [0.717, 1.165) is 22.4 Å². The molecule has 0 aliphatic carbocycles. The summed E-state index contributed by atoms with van der Waals surface area (Å²) in [5.41, 5.74) is 3.02. The highest BCUT2D eigenvalue weighted by atomic mass is 16.5. The number of ether oxygens (including phenoxy) is 2. The first kappa shape index (κ1) is 25.4. The number of imidazole rings is 1. The Morgan fingerprint density at radius 1 is 1.26 bits per heavy atom. The molecule has 3 rings (SSSR count). The average molecular weight is 473 g/mol. The predicted molar refractivity (Wildman–Crippen MR) is 128 cm³/mol. The maximum Gasteiger partial charge on any atom is 0.323 e. The molecule has 0 saturated heterocycles. The Bertz CT molecular complexity index is 1190. The van der Waals surface area contributed by atoms with Crippen molar-refractivity contribution in [1.82, 2.24) is 19.4 Å². The minimum atomic E-state index is -1.12. The quantitative estimate of drug-likeness (QED) is 0.360. The van der Waals surface area contributed by atoms with E-state index in [4.69, 9.17) is 19.6 Å². The summed E-state index contributed by atoms with van der Waals surface area (Å²) in [5, 5.41) is 21.4. The van der Waals surface area contributed by atoms with E-state index < -0.39 is 18.1 Å². The number of hydrogen-bond acceptors (Lipinski definition) is 7. The van der Waals surface area contributed by atoms with Crippen molar-refractivity contribution in [2.75, 3.05) is 26.9 Å². The van der Waals surface area contributed by atoms with Crippen molar-refractivity contribution in [2.45, 2.75) is 39.0 Å². The Hall–Kier alpha value is -3.21. The number of rotatable bonds is 11. The largest absolute Gasteiger partial charge is 0.492 e. The molecule has 0 radical (unpaired) electrons. The molecule has 10 nitrogen and oxygen atoms in total. The van der Waals surface area contributed by atoms with Gasteiger partial charge in [-0.25, -0.2) is 4.98 Å². The summed E-state index contributed by atoms with van der Waals surface area (Å²) >= 11 is 0. The van der Waals surface area contributed by atoms with Crippen LogP contribution in [0.5, 0.6) is 5.75 Å². The van der Waals surface area contributed by atoms with Crippen LogP contribution in [0.15, 0.2) is 35.3 Å². The summed E-state index contributed by atoms with van der Waals surface area (Å²) in [6.07, 6.45) is 0.753. The lowest BCUT2D eigenvalue weighted by Crippen LogP contribution is -2.46. The number of aromatic nitrogens is 3. The number of hydrogen-bond donors (Lipinski definition) is 3. The topological polar surface area (TPSA) is 128 Å². The number of benzene rings is 1. The number of fused-ring (bicyclic) bond motifs is 1. The van der Waals surface area contributed by atoms with E-state index in [-0.39, 0.29) is 24.8 Å². The Labute approximate surface area is 197 Å². The highest BCUT2D eigenvalue weighted by Crippen LogP contribution is 2.30. The molecule has 3 atom stereocenters. The maximum atomic E-state index is 12.2. The number of carbonyl (C=O) groups is 1. The van der Waals surface area contributed by atoms with Crippen molar-refractivity contribution in [3.63, 3.8) is 0 Å². The summed E-state index contributed by atoms with van der Waals surface area (Å²) < 4.78 is 14.8. The number of nitrogens with one attached hydrogen (secondary N) is 1. The molecule has 10 heteroatoms. The van der Waals surface area contributed by atoms with Crippen LogP contribution in [-0.2, 0) is 16.6 Å². The first-order valence-electron chi connectivity index (χ1n) is 11.1. The molecule has 1 aromatic carbocycles. The Kier molecular flexibility index (Phi) is 8.08. The van der Waals surface area contributed by atoms with Gasteiger partial charge in [0.2, 0.25) is 0 Å². The van der Waals surface area contributed by atoms with Gasteiger partial charge in [-0.05, 0) is 39.0 Å². The summed E-state index contributed by atoms with van der Waals surface area (Å²) in [6, 6.07) is 6.35. The smallest absolute Gasteiger partial charge is 0.323 e. The minimum absolute atomic E-state index is 0.00747. The molecular weight excluding hydrogens is 440 g/mol.